The Kier molecular flexibility index (Phi) is 4.43. The Labute approximate surface area is 121 Å². The van der Waals surface area contributed by atoms with Crippen LogP contribution in [-0.4, -0.2) is 0 Å². The predicted molar refractivity (Wildman–Crippen MR) is 74.8 cm³/mol. The summed E-state index contributed by atoms with van der Waals surface area (Å²) in [5.41, 5.74) is 2.53. The second-order valence-electron chi connectivity index (χ2n) is 4.48. The summed E-state index contributed by atoms with van der Waals surface area (Å²) in [6, 6.07) is 9.37. The number of benzene rings is 2. The van der Waals surface area contributed by atoms with Crippen LogP contribution in [0.3, 0.4) is 0 Å². The molecule has 0 aliphatic heterocycles. The molecule has 0 spiro atoms. The van der Waals surface area contributed by atoms with Crippen molar-refractivity contribution in [1.82, 2.24) is 0 Å². The molecule has 1 atom stereocenters. The van der Waals surface area contributed by atoms with Gasteiger partial charge in [-0.15, -0.1) is 11.6 Å². The normalized spacial score (nSPS) is 12.5. The zero-order valence-corrected chi connectivity index (χ0v) is 11.8. The van der Waals surface area contributed by atoms with Crippen LogP contribution >= 0.6 is 23.2 Å². The lowest BCUT2D eigenvalue weighted by Gasteiger charge is -2.11. The second-order valence-corrected chi connectivity index (χ2v) is 5.45. The van der Waals surface area contributed by atoms with E-state index in [2.05, 4.69) is 0 Å². The van der Waals surface area contributed by atoms with Gasteiger partial charge in [0.2, 0.25) is 0 Å². The fourth-order valence-corrected chi connectivity index (χ4v) is 2.54. The third-order valence-electron chi connectivity index (χ3n) is 2.83. The van der Waals surface area contributed by atoms with Crippen molar-refractivity contribution in [2.24, 2.45) is 0 Å². The molecule has 0 fully saturated rings. The average Bonchev–Trinajstić information content (AvgIpc) is 2.32. The smallest absolute Gasteiger partial charge is 0.159 e. The first-order chi connectivity index (χ1) is 8.95. The molecule has 0 N–H and O–H groups in total. The molecule has 0 radical (unpaired) electrons. The Morgan fingerprint density at radius 3 is 2.42 bits per heavy atom. The topological polar surface area (TPSA) is 0 Å². The Bertz CT molecular complexity index is 576. The molecule has 2 rings (SSSR count). The predicted octanol–water partition coefficient (Wildman–Crippen LogP) is 5.45. The Hall–Kier alpha value is -1.12. The fourth-order valence-electron chi connectivity index (χ4n) is 1.94. The van der Waals surface area contributed by atoms with E-state index >= 15 is 0 Å². The van der Waals surface area contributed by atoms with Crippen LogP contribution in [0.2, 0.25) is 5.02 Å². The quantitative estimate of drug-likeness (QED) is 0.661. The van der Waals surface area contributed by atoms with E-state index in [9.17, 15) is 8.78 Å². The highest BCUT2D eigenvalue weighted by Crippen LogP contribution is 2.28. The first-order valence-electron chi connectivity index (χ1n) is 5.81. The Morgan fingerprint density at radius 1 is 1.05 bits per heavy atom. The van der Waals surface area contributed by atoms with E-state index in [0.29, 0.717) is 17.0 Å². The van der Waals surface area contributed by atoms with Gasteiger partial charge < -0.3 is 0 Å². The van der Waals surface area contributed by atoms with Gasteiger partial charge in [-0.3, -0.25) is 0 Å². The molecular weight excluding hydrogens is 289 g/mol. The Balaban J connectivity index is 2.20. The molecular formula is C15H12Cl2F2. The Morgan fingerprint density at radius 2 is 1.79 bits per heavy atom. The van der Waals surface area contributed by atoms with Gasteiger partial charge in [0.05, 0.1) is 5.38 Å². The molecule has 19 heavy (non-hydrogen) atoms. The standard InChI is InChI=1S/C15H12Cl2F2/c1-9-4-11(8-12(16)5-9)13(17)6-10-2-3-14(18)15(19)7-10/h2-5,7-8,13H,6H2,1H3. The van der Waals surface area contributed by atoms with Crippen molar-refractivity contribution in [1.29, 1.82) is 0 Å². The van der Waals surface area contributed by atoms with Crippen LogP contribution in [-0.2, 0) is 6.42 Å². The lowest BCUT2D eigenvalue weighted by Crippen LogP contribution is -1.98. The van der Waals surface area contributed by atoms with Gasteiger partial charge in [0.25, 0.3) is 0 Å². The summed E-state index contributed by atoms with van der Waals surface area (Å²) in [5.74, 6) is -1.71. The number of hydrogen-bond donors (Lipinski definition) is 0. The van der Waals surface area contributed by atoms with Crippen LogP contribution in [0.1, 0.15) is 22.1 Å². The summed E-state index contributed by atoms with van der Waals surface area (Å²) in [7, 11) is 0. The third-order valence-corrected chi connectivity index (χ3v) is 3.45. The highest BCUT2D eigenvalue weighted by Gasteiger charge is 2.12. The van der Waals surface area contributed by atoms with Crippen molar-refractivity contribution >= 4 is 23.2 Å². The molecule has 0 saturated heterocycles. The van der Waals surface area contributed by atoms with Gasteiger partial charge in [0.15, 0.2) is 11.6 Å². The molecule has 4 heteroatoms. The molecule has 2 aromatic rings. The summed E-state index contributed by atoms with van der Waals surface area (Å²) in [4.78, 5) is 0. The van der Waals surface area contributed by atoms with Gasteiger partial charge in [0, 0.05) is 5.02 Å². The molecule has 2 aromatic carbocycles. The van der Waals surface area contributed by atoms with Gasteiger partial charge in [-0.1, -0.05) is 23.7 Å². The average molecular weight is 301 g/mol. The molecule has 0 aromatic heterocycles. The summed E-state index contributed by atoms with van der Waals surface area (Å²) in [6.07, 6.45) is 0.415. The fraction of sp³-hybridized carbons (Fsp3) is 0.200. The summed E-state index contributed by atoms with van der Waals surface area (Å²) in [6.45, 7) is 1.93. The van der Waals surface area contributed by atoms with Crippen molar-refractivity contribution in [3.8, 4) is 0 Å². The van der Waals surface area contributed by atoms with E-state index in [0.717, 1.165) is 17.2 Å². The molecule has 0 bridgehead atoms. The van der Waals surface area contributed by atoms with Crippen molar-refractivity contribution in [3.63, 3.8) is 0 Å². The van der Waals surface area contributed by atoms with Crippen LogP contribution in [0, 0.1) is 18.6 Å². The zero-order chi connectivity index (χ0) is 14.0. The van der Waals surface area contributed by atoms with E-state index in [4.69, 9.17) is 23.2 Å². The molecule has 0 aliphatic carbocycles. The molecule has 0 saturated carbocycles. The van der Waals surface area contributed by atoms with Gasteiger partial charge >= 0.3 is 0 Å². The minimum atomic E-state index is -0.858. The lowest BCUT2D eigenvalue weighted by atomic mass is 10.0. The molecule has 0 heterocycles. The highest BCUT2D eigenvalue weighted by molar-refractivity contribution is 6.30. The molecule has 0 aliphatic rings. The first kappa shape index (κ1) is 14.3. The van der Waals surface area contributed by atoms with Crippen molar-refractivity contribution in [2.75, 3.05) is 0 Å². The lowest BCUT2D eigenvalue weighted by molar-refractivity contribution is 0.507. The maximum absolute atomic E-state index is 13.1. The third kappa shape index (κ3) is 3.68. The second kappa shape index (κ2) is 5.89. The van der Waals surface area contributed by atoms with E-state index in [1.54, 1.807) is 6.07 Å². The van der Waals surface area contributed by atoms with Crippen LogP contribution in [0.15, 0.2) is 36.4 Å². The van der Waals surface area contributed by atoms with E-state index < -0.39 is 11.6 Å². The van der Waals surface area contributed by atoms with E-state index in [1.807, 2.05) is 19.1 Å². The van der Waals surface area contributed by atoms with Crippen LogP contribution in [0.25, 0.3) is 0 Å². The summed E-state index contributed by atoms with van der Waals surface area (Å²) in [5, 5.41) is 0.285. The number of alkyl halides is 1. The van der Waals surface area contributed by atoms with E-state index in [-0.39, 0.29) is 5.38 Å². The summed E-state index contributed by atoms with van der Waals surface area (Å²) >= 11 is 12.3. The van der Waals surface area contributed by atoms with Crippen LogP contribution in [0.5, 0.6) is 0 Å². The van der Waals surface area contributed by atoms with Crippen molar-refractivity contribution in [3.05, 3.63) is 69.7 Å². The number of hydrogen-bond acceptors (Lipinski definition) is 0. The van der Waals surface area contributed by atoms with Crippen molar-refractivity contribution < 1.29 is 8.78 Å². The summed E-state index contributed by atoms with van der Waals surface area (Å²) < 4.78 is 26.0. The number of rotatable bonds is 3. The minimum Gasteiger partial charge on any atom is -0.204 e. The zero-order valence-electron chi connectivity index (χ0n) is 10.3. The van der Waals surface area contributed by atoms with Gasteiger partial charge in [0.1, 0.15) is 0 Å². The molecule has 0 amide bonds. The van der Waals surface area contributed by atoms with Gasteiger partial charge in [-0.05, 0) is 54.3 Å². The largest absolute Gasteiger partial charge is 0.204 e. The molecule has 1 unspecified atom stereocenters. The number of halogens is 4. The SMILES string of the molecule is Cc1cc(Cl)cc(C(Cl)Cc2ccc(F)c(F)c2)c1. The first-order valence-corrected chi connectivity index (χ1v) is 6.62. The minimum absolute atomic E-state index is 0.331. The van der Waals surface area contributed by atoms with Gasteiger partial charge in [-0.2, -0.15) is 0 Å². The molecule has 0 nitrogen and oxygen atoms in total. The van der Waals surface area contributed by atoms with Crippen LogP contribution in [0.4, 0.5) is 8.78 Å². The molecule has 100 valence electrons. The van der Waals surface area contributed by atoms with Crippen molar-refractivity contribution in [2.45, 2.75) is 18.7 Å². The van der Waals surface area contributed by atoms with E-state index in [1.165, 1.54) is 12.1 Å². The highest BCUT2D eigenvalue weighted by atomic mass is 35.5. The maximum atomic E-state index is 13.1. The van der Waals surface area contributed by atoms with Gasteiger partial charge in [-0.25, -0.2) is 8.78 Å². The monoisotopic (exact) mass is 300 g/mol. The number of aryl methyl sites for hydroxylation is 1. The van der Waals surface area contributed by atoms with Crippen LogP contribution < -0.4 is 0 Å². The maximum Gasteiger partial charge on any atom is 0.159 e.